The lowest BCUT2D eigenvalue weighted by Crippen LogP contribution is -2.30. The van der Waals surface area contributed by atoms with Gasteiger partial charge < -0.3 is 5.11 Å². The topological polar surface area (TPSA) is 83.5 Å². The van der Waals surface area contributed by atoms with Crippen molar-refractivity contribution in [2.24, 2.45) is 0 Å². The van der Waals surface area contributed by atoms with Gasteiger partial charge in [0.05, 0.1) is 5.75 Å². The zero-order chi connectivity index (χ0) is 8.20. The molecule has 10 heavy (non-hydrogen) atoms. The molecule has 0 aliphatic heterocycles. The highest BCUT2D eigenvalue weighted by atomic mass is 32.2. The molecule has 1 amide bonds. The lowest BCUT2D eigenvalue weighted by atomic mass is 10.6. The highest BCUT2D eigenvalue weighted by Crippen LogP contribution is 1.86. The van der Waals surface area contributed by atoms with Crippen LogP contribution in [-0.4, -0.2) is 25.4 Å². The molecular formula is C4H9NO4S. The van der Waals surface area contributed by atoms with Crippen LogP contribution in [-0.2, 0) is 10.0 Å². The van der Waals surface area contributed by atoms with E-state index < -0.39 is 16.1 Å². The van der Waals surface area contributed by atoms with Crippen LogP contribution in [0.5, 0.6) is 0 Å². The van der Waals surface area contributed by atoms with Gasteiger partial charge in [-0.25, -0.2) is 17.9 Å². The Morgan fingerprint density at radius 2 is 2.10 bits per heavy atom. The number of nitrogens with one attached hydrogen (secondary N) is 1. The van der Waals surface area contributed by atoms with Gasteiger partial charge in [-0.15, -0.1) is 0 Å². The maximum absolute atomic E-state index is 10.5. The predicted octanol–water partition coefficient (Wildman–Crippen LogP) is -0.00620. The fourth-order valence-corrected chi connectivity index (χ4v) is 1.36. The lowest BCUT2D eigenvalue weighted by Gasteiger charge is -1.98. The second-order valence-corrected chi connectivity index (χ2v) is 3.57. The largest absolute Gasteiger partial charge is 0.464 e. The predicted molar refractivity (Wildman–Crippen MR) is 35.2 cm³/mol. The van der Waals surface area contributed by atoms with Gasteiger partial charge in [-0.05, 0) is 6.42 Å². The maximum Gasteiger partial charge on any atom is 0.418 e. The second-order valence-electron chi connectivity index (χ2n) is 1.73. The lowest BCUT2D eigenvalue weighted by molar-refractivity contribution is 0.201. The molecule has 60 valence electrons. The van der Waals surface area contributed by atoms with Crippen molar-refractivity contribution in [1.82, 2.24) is 4.72 Å². The molecule has 6 heteroatoms. The summed E-state index contributed by atoms with van der Waals surface area (Å²) in [7, 11) is -3.58. The molecular weight excluding hydrogens is 158 g/mol. The monoisotopic (exact) mass is 167 g/mol. The summed E-state index contributed by atoms with van der Waals surface area (Å²) in [6, 6.07) is 0. The van der Waals surface area contributed by atoms with Crippen molar-refractivity contribution in [3.63, 3.8) is 0 Å². The van der Waals surface area contributed by atoms with E-state index in [1.807, 2.05) is 0 Å². The minimum Gasteiger partial charge on any atom is -0.464 e. The molecule has 5 nitrogen and oxygen atoms in total. The first-order valence-corrected chi connectivity index (χ1v) is 4.36. The van der Waals surface area contributed by atoms with Crippen LogP contribution in [0.3, 0.4) is 0 Å². The fraction of sp³-hybridized carbons (Fsp3) is 0.750. The maximum atomic E-state index is 10.5. The van der Waals surface area contributed by atoms with Gasteiger partial charge in [0, 0.05) is 0 Å². The van der Waals surface area contributed by atoms with Crippen LogP contribution in [0.15, 0.2) is 0 Å². The Balaban J connectivity index is 4.02. The molecule has 0 unspecified atom stereocenters. The Bertz CT molecular complexity index is 207. The molecule has 0 aromatic heterocycles. The number of hydrogen-bond donors (Lipinski definition) is 2. The highest BCUT2D eigenvalue weighted by Gasteiger charge is 2.10. The highest BCUT2D eigenvalue weighted by molar-refractivity contribution is 7.90. The molecule has 0 fully saturated rings. The number of rotatable bonds is 3. The summed E-state index contributed by atoms with van der Waals surface area (Å²) >= 11 is 0. The minimum absolute atomic E-state index is 0.153. The van der Waals surface area contributed by atoms with E-state index in [0.29, 0.717) is 6.42 Å². The van der Waals surface area contributed by atoms with Crippen LogP contribution < -0.4 is 4.72 Å². The Kier molecular flexibility index (Phi) is 3.14. The molecule has 0 atom stereocenters. The van der Waals surface area contributed by atoms with Crippen LogP contribution in [0.4, 0.5) is 4.79 Å². The molecule has 0 bridgehead atoms. The molecule has 0 rings (SSSR count). The van der Waals surface area contributed by atoms with E-state index in [0.717, 1.165) is 0 Å². The third-order valence-electron chi connectivity index (χ3n) is 0.716. The van der Waals surface area contributed by atoms with E-state index in [4.69, 9.17) is 5.11 Å². The van der Waals surface area contributed by atoms with Crippen molar-refractivity contribution in [2.75, 3.05) is 5.75 Å². The molecule has 2 N–H and O–H groups in total. The number of carbonyl (C=O) groups is 1. The first-order valence-electron chi connectivity index (χ1n) is 2.71. The number of sulfonamides is 1. The van der Waals surface area contributed by atoms with E-state index in [1.165, 1.54) is 4.72 Å². The van der Waals surface area contributed by atoms with Gasteiger partial charge in [-0.3, -0.25) is 0 Å². The van der Waals surface area contributed by atoms with Gasteiger partial charge in [0.2, 0.25) is 10.0 Å². The van der Waals surface area contributed by atoms with Crippen molar-refractivity contribution in [3.05, 3.63) is 0 Å². The zero-order valence-corrected chi connectivity index (χ0v) is 6.31. The normalized spacial score (nSPS) is 10.9. The van der Waals surface area contributed by atoms with Crippen molar-refractivity contribution in [1.29, 1.82) is 0 Å². The van der Waals surface area contributed by atoms with Crippen molar-refractivity contribution in [2.45, 2.75) is 13.3 Å². The number of amides is 1. The van der Waals surface area contributed by atoms with E-state index in [1.54, 1.807) is 6.92 Å². The molecule has 0 aromatic rings. The third-order valence-corrected chi connectivity index (χ3v) is 2.15. The van der Waals surface area contributed by atoms with Crippen LogP contribution >= 0.6 is 0 Å². The summed E-state index contributed by atoms with van der Waals surface area (Å²) in [4.78, 5) is 9.80. The SMILES string of the molecule is CCCS(=O)(=O)NC(=O)O. The average molecular weight is 167 g/mol. The molecule has 0 spiro atoms. The summed E-state index contributed by atoms with van der Waals surface area (Å²) in [5, 5.41) is 7.99. The van der Waals surface area contributed by atoms with Gasteiger partial charge in [-0.2, -0.15) is 0 Å². The minimum atomic E-state index is -3.58. The Labute approximate surface area is 59.1 Å². The third kappa shape index (κ3) is 4.13. The van der Waals surface area contributed by atoms with Crippen molar-refractivity contribution < 1.29 is 18.3 Å². The van der Waals surface area contributed by atoms with Crippen LogP contribution in [0, 0.1) is 0 Å². The van der Waals surface area contributed by atoms with Crippen molar-refractivity contribution in [3.8, 4) is 0 Å². The Morgan fingerprint density at radius 3 is 2.40 bits per heavy atom. The smallest absolute Gasteiger partial charge is 0.418 e. The van der Waals surface area contributed by atoms with Gasteiger partial charge in [0.15, 0.2) is 0 Å². The Morgan fingerprint density at radius 1 is 1.60 bits per heavy atom. The molecule has 0 heterocycles. The van der Waals surface area contributed by atoms with E-state index in [-0.39, 0.29) is 5.75 Å². The molecule has 0 aromatic carbocycles. The van der Waals surface area contributed by atoms with E-state index in [2.05, 4.69) is 0 Å². The van der Waals surface area contributed by atoms with Gasteiger partial charge in [0.25, 0.3) is 0 Å². The average Bonchev–Trinajstić information content (AvgIpc) is 1.59. The fourth-order valence-electron chi connectivity index (χ4n) is 0.453. The molecule has 0 aliphatic rings. The van der Waals surface area contributed by atoms with E-state index in [9.17, 15) is 13.2 Å². The molecule has 0 saturated heterocycles. The van der Waals surface area contributed by atoms with Gasteiger partial charge >= 0.3 is 6.09 Å². The molecule has 0 saturated carbocycles. The van der Waals surface area contributed by atoms with E-state index >= 15 is 0 Å². The van der Waals surface area contributed by atoms with Crippen LogP contribution in [0.1, 0.15) is 13.3 Å². The first-order chi connectivity index (χ1) is 4.48. The number of hydrogen-bond acceptors (Lipinski definition) is 3. The summed E-state index contributed by atoms with van der Waals surface area (Å²) in [6.45, 7) is 1.65. The Hall–Kier alpha value is -0.780. The molecule has 0 aliphatic carbocycles. The summed E-state index contributed by atoms with van der Waals surface area (Å²) in [5.41, 5.74) is 0. The second kappa shape index (κ2) is 3.40. The van der Waals surface area contributed by atoms with Gasteiger partial charge in [-0.1, -0.05) is 6.92 Å². The first kappa shape index (κ1) is 9.22. The number of carboxylic acid groups (broad SMARTS) is 1. The quantitative estimate of drug-likeness (QED) is 0.619. The summed E-state index contributed by atoms with van der Waals surface area (Å²) in [5.74, 6) is -0.153. The standard InChI is InChI=1S/C4H9NO4S/c1-2-3-10(8,9)5-4(6)7/h5H,2-3H2,1H3,(H,6,7). The summed E-state index contributed by atoms with van der Waals surface area (Å²) in [6.07, 6.45) is -1.13. The molecule has 0 radical (unpaired) electrons. The zero-order valence-electron chi connectivity index (χ0n) is 5.49. The van der Waals surface area contributed by atoms with Crippen LogP contribution in [0.25, 0.3) is 0 Å². The van der Waals surface area contributed by atoms with Crippen molar-refractivity contribution >= 4 is 16.1 Å². The summed E-state index contributed by atoms with van der Waals surface area (Å²) < 4.78 is 22.5. The van der Waals surface area contributed by atoms with Crippen LogP contribution in [0.2, 0.25) is 0 Å². The van der Waals surface area contributed by atoms with Gasteiger partial charge in [0.1, 0.15) is 0 Å².